The van der Waals surface area contributed by atoms with Gasteiger partial charge in [0.05, 0.1) is 0 Å². The molecule has 2 aromatic rings. The fourth-order valence-corrected chi connectivity index (χ4v) is 5.74. The Labute approximate surface area is 208 Å². The lowest BCUT2D eigenvalue weighted by Gasteiger charge is -2.25. The van der Waals surface area contributed by atoms with Crippen LogP contribution in [0.25, 0.3) is 5.83 Å². The quantitative estimate of drug-likeness (QED) is 0.175. The lowest BCUT2D eigenvalue weighted by Crippen LogP contribution is -2.42. The Kier molecular flexibility index (Phi) is 8.10. The molecule has 0 bridgehead atoms. The Bertz CT molecular complexity index is 1200. The Morgan fingerprint density at radius 1 is 1.19 bits per heavy atom. The Morgan fingerprint density at radius 3 is 2.39 bits per heavy atom. The van der Waals surface area contributed by atoms with E-state index in [1.165, 1.54) is 19.9 Å². The Morgan fingerprint density at radius 2 is 1.86 bits per heavy atom. The first-order valence-corrected chi connectivity index (χ1v) is 12.9. The first-order chi connectivity index (χ1) is 16.6. The first kappa shape index (κ1) is 28.0. The summed E-state index contributed by atoms with van der Waals surface area (Å²) in [5, 5.41) is 12.2. The number of Topliss-reactive ketones (excluding diaryl/α,β-unsaturated/α-hetero) is 1. The number of phenols is 1. The summed E-state index contributed by atoms with van der Waals surface area (Å²) in [5.41, 5.74) is -1.32. The molecule has 0 spiro atoms. The summed E-state index contributed by atoms with van der Waals surface area (Å²) in [6.07, 6.45) is -4.18. The van der Waals surface area contributed by atoms with E-state index in [-0.39, 0.29) is 27.9 Å². The van der Waals surface area contributed by atoms with Gasteiger partial charge in [-0.1, -0.05) is 24.1 Å². The van der Waals surface area contributed by atoms with Crippen molar-refractivity contribution in [1.29, 1.82) is 0 Å². The summed E-state index contributed by atoms with van der Waals surface area (Å²) < 4.78 is 87.2. The minimum absolute atomic E-state index is 0.265. The van der Waals surface area contributed by atoms with Gasteiger partial charge in [0.15, 0.2) is 5.78 Å². The molecule has 0 aromatic heterocycles. The molecule has 196 valence electrons. The summed E-state index contributed by atoms with van der Waals surface area (Å²) in [6, 6.07) is 0.510. The molecule has 1 heterocycles. The van der Waals surface area contributed by atoms with Crippen molar-refractivity contribution < 1.29 is 36.2 Å². The molecule has 0 amide bonds. The second-order valence-corrected chi connectivity index (χ2v) is 11.0. The van der Waals surface area contributed by atoms with E-state index >= 15 is 13.2 Å². The number of hydrogen-bond donors (Lipinski definition) is 2. The van der Waals surface area contributed by atoms with Gasteiger partial charge in [-0.3, -0.25) is 10.1 Å². The van der Waals surface area contributed by atoms with Crippen LogP contribution >= 0.6 is 10.5 Å². The molecule has 2 aromatic carbocycles. The number of phenolic OH excluding ortho intramolecular Hbond substituents is 1. The summed E-state index contributed by atoms with van der Waals surface area (Å²) in [4.78, 5) is 12.0. The normalized spacial score (nSPS) is 20.0. The molecule has 3 nitrogen and oxygen atoms in total. The highest BCUT2D eigenvalue weighted by Gasteiger charge is 2.41. The summed E-state index contributed by atoms with van der Waals surface area (Å²) in [5.74, 6) is 0.102. The molecular weight excluding hydrogens is 504 g/mol. The number of nitrogens with one attached hydrogen (secondary N) is 1. The number of rotatable bonds is 7. The van der Waals surface area contributed by atoms with Crippen LogP contribution < -0.4 is 5.32 Å². The molecular formula is C26H27F6NO2S. The second-order valence-electron chi connectivity index (χ2n) is 9.02. The fourth-order valence-electron chi connectivity index (χ4n) is 4.14. The van der Waals surface area contributed by atoms with E-state index in [0.717, 1.165) is 25.1 Å². The average molecular weight is 532 g/mol. The third-order valence-corrected chi connectivity index (χ3v) is 7.96. The highest BCUT2D eigenvalue weighted by molar-refractivity contribution is 8.14. The molecule has 3 rings (SSSR count). The van der Waals surface area contributed by atoms with Crippen LogP contribution in [-0.4, -0.2) is 40.5 Å². The van der Waals surface area contributed by atoms with Crippen LogP contribution in [-0.2, 0) is 6.05 Å². The largest absolute Gasteiger partial charge is 0.508 e. The van der Waals surface area contributed by atoms with Crippen LogP contribution in [0, 0.1) is 13.8 Å². The summed E-state index contributed by atoms with van der Waals surface area (Å²) in [7, 11) is -0.265. The van der Waals surface area contributed by atoms with Gasteiger partial charge in [-0.25, -0.2) is 4.39 Å². The standard InChI is InChI=1S/C26H27F6NO2S/c1-14-9-18(11-24(35)15(14)2)21(25(28,29)30)12-23(27)17-5-6-20(16(3)34)22(10-17)26(31,32)33-19-7-8-36(4)13-19/h5-6,9-12,19,21,33,35H,4,7-8,13H2,1-3H3/b23-12-. The molecule has 0 aliphatic carbocycles. The van der Waals surface area contributed by atoms with Gasteiger partial charge in [0.1, 0.15) is 17.5 Å². The molecule has 1 aliphatic rings. The van der Waals surface area contributed by atoms with Crippen molar-refractivity contribution in [2.75, 3.05) is 11.5 Å². The van der Waals surface area contributed by atoms with E-state index in [0.29, 0.717) is 35.1 Å². The molecule has 36 heavy (non-hydrogen) atoms. The molecule has 1 aliphatic heterocycles. The van der Waals surface area contributed by atoms with Crippen LogP contribution in [0.15, 0.2) is 36.4 Å². The second kappa shape index (κ2) is 10.4. The van der Waals surface area contributed by atoms with Crippen molar-refractivity contribution in [3.8, 4) is 5.75 Å². The van der Waals surface area contributed by atoms with Crippen LogP contribution in [0.2, 0.25) is 0 Å². The van der Waals surface area contributed by atoms with Gasteiger partial charge in [0, 0.05) is 28.5 Å². The van der Waals surface area contributed by atoms with E-state index in [9.17, 15) is 23.1 Å². The third-order valence-electron chi connectivity index (χ3n) is 6.28. The van der Waals surface area contributed by atoms with E-state index < -0.39 is 52.5 Å². The number of ketones is 1. The number of carbonyl (C=O) groups excluding carboxylic acids is 1. The van der Waals surface area contributed by atoms with Gasteiger partial charge < -0.3 is 5.11 Å². The monoisotopic (exact) mass is 531 g/mol. The smallest absolute Gasteiger partial charge is 0.399 e. The Balaban J connectivity index is 2.05. The number of aryl methyl sites for hydroxylation is 1. The van der Waals surface area contributed by atoms with Crippen molar-refractivity contribution in [3.63, 3.8) is 0 Å². The van der Waals surface area contributed by atoms with Crippen molar-refractivity contribution >= 4 is 28.0 Å². The topological polar surface area (TPSA) is 49.3 Å². The molecule has 10 heteroatoms. The number of benzene rings is 2. The van der Waals surface area contributed by atoms with Gasteiger partial charge >= 0.3 is 12.2 Å². The van der Waals surface area contributed by atoms with Crippen LogP contribution in [0.4, 0.5) is 26.3 Å². The molecule has 3 unspecified atom stereocenters. The van der Waals surface area contributed by atoms with Crippen LogP contribution in [0.1, 0.15) is 57.4 Å². The predicted molar refractivity (Wildman–Crippen MR) is 132 cm³/mol. The SMILES string of the molecule is C=S1CCC(NC(F)(F)c2cc(/C(F)=C/C(c3cc(C)c(C)c(O)c3)C(F)(F)F)ccc2C(C)=O)C1. The van der Waals surface area contributed by atoms with Crippen molar-refractivity contribution in [3.05, 3.63) is 69.8 Å². The van der Waals surface area contributed by atoms with E-state index in [2.05, 4.69) is 11.2 Å². The van der Waals surface area contributed by atoms with Crippen molar-refractivity contribution in [1.82, 2.24) is 5.32 Å². The molecule has 0 saturated carbocycles. The van der Waals surface area contributed by atoms with E-state index in [1.807, 2.05) is 0 Å². The van der Waals surface area contributed by atoms with Gasteiger partial charge in [0.2, 0.25) is 0 Å². The lowest BCUT2D eigenvalue weighted by molar-refractivity contribution is -0.139. The number of allylic oxidation sites excluding steroid dienone is 1. The number of alkyl halides is 5. The van der Waals surface area contributed by atoms with E-state index in [4.69, 9.17) is 0 Å². The Hall–Kier alpha value is -2.59. The lowest BCUT2D eigenvalue weighted by atomic mass is 9.92. The molecule has 1 saturated heterocycles. The third kappa shape index (κ3) is 6.21. The zero-order valence-corrected chi connectivity index (χ0v) is 20.8. The van der Waals surface area contributed by atoms with Gasteiger partial charge in [-0.05, 0) is 67.8 Å². The van der Waals surface area contributed by atoms with Gasteiger partial charge in [-0.2, -0.15) is 32.4 Å². The van der Waals surface area contributed by atoms with Crippen LogP contribution in [0.3, 0.4) is 0 Å². The molecule has 3 atom stereocenters. The van der Waals surface area contributed by atoms with E-state index in [1.54, 1.807) is 0 Å². The minimum Gasteiger partial charge on any atom is -0.508 e. The maximum absolute atomic E-state index is 15.2. The van der Waals surface area contributed by atoms with Crippen molar-refractivity contribution in [2.24, 2.45) is 0 Å². The average Bonchev–Trinajstić information content (AvgIpc) is 3.17. The number of carbonyl (C=O) groups is 1. The van der Waals surface area contributed by atoms with Crippen molar-refractivity contribution in [2.45, 2.75) is 51.4 Å². The minimum atomic E-state index is -4.92. The van der Waals surface area contributed by atoms with Crippen LogP contribution in [0.5, 0.6) is 5.75 Å². The number of halogens is 6. The summed E-state index contributed by atoms with van der Waals surface area (Å²) >= 11 is 0. The summed E-state index contributed by atoms with van der Waals surface area (Å²) in [6.45, 7) is 4.12. The molecule has 0 radical (unpaired) electrons. The zero-order chi connectivity index (χ0) is 27.0. The predicted octanol–water partition coefficient (Wildman–Crippen LogP) is 6.98. The molecule has 2 N–H and O–H groups in total. The maximum Gasteiger partial charge on any atom is 0.399 e. The fraction of sp³-hybridized carbons (Fsp3) is 0.385. The molecule has 1 fully saturated rings. The van der Waals surface area contributed by atoms with Gasteiger partial charge in [-0.15, -0.1) is 0 Å². The number of aromatic hydroxyl groups is 1. The highest BCUT2D eigenvalue weighted by Crippen LogP contribution is 2.41. The number of hydrogen-bond acceptors (Lipinski definition) is 3. The maximum atomic E-state index is 15.2. The van der Waals surface area contributed by atoms with Gasteiger partial charge in [0.25, 0.3) is 0 Å². The highest BCUT2D eigenvalue weighted by atomic mass is 32.2. The first-order valence-electron chi connectivity index (χ1n) is 11.1. The zero-order valence-electron chi connectivity index (χ0n) is 20.0.